The van der Waals surface area contributed by atoms with Gasteiger partial charge in [0.25, 0.3) is 0 Å². The van der Waals surface area contributed by atoms with Crippen molar-refractivity contribution in [3.63, 3.8) is 0 Å². The minimum atomic E-state index is -0.0940. The minimum absolute atomic E-state index is 0.0112. The van der Waals surface area contributed by atoms with Gasteiger partial charge < -0.3 is 5.73 Å². The normalized spacial score (nSPS) is 11.2. The van der Waals surface area contributed by atoms with Crippen LogP contribution in [0.1, 0.15) is 35.9 Å². The molecule has 0 aliphatic heterocycles. The minimum Gasteiger partial charge on any atom is -0.324 e. The van der Waals surface area contributed by atoms with Gasteiger partial charge in [0.1, 0.15) is 0 Å². The second-order valence-electron chi connectivity index (χ2n) is 3.97. The average molecular weight is 218 g/mol. The number of Topliss-reactive ketones (excluding diaryl/α,β-unsaturated/α-hetero) is 1. The van der Waals surface area contributed by atoms with Crippen molar-refractivity contribution < 1.29 is 4.79 Å². The zero-order valence-electron chi connectivity index (χ0n) is 9.34. The number of nitrogens with zero attached hydrogens (tertiary/aromatic N) is 3. The number of ketones is 1. The number of fused-ring (bicyclic) bond motifs is 1. The Bertz CT molecular complexity index is 530. The van der Waals surface area contributed by atoms with Crippen LogP contribution in [-0.2, 0) is 0 Å². The summed E-state index contributed by atoms with van der Waals surface area (Å²) >= 11 is 0. The van der Waals surface area contributed by atoms with Crippen LogP contribution in [0, 0.1) is 0 Å². The van der Waals surface area contributed by atoms with Crippen molar-refractivity contribution in [2.75, 3.05) is 6.54 Å². The SMILES string of the molecule is CC(C)c1nc2ccc(C(=O)CN)cn2n1. The molecule has 0 atom stereocenters. The van der Waals surface area contributed by atoms with E-state index in [4.69, 9.17) is 5.73 Å². The molecular formula is C11H14N4O. The molecule has 2 aromatic rings. The zero-order valence-corrected chi connectivity index (χ0v) is 9.34. The van der Waals surface area contributed by atoms with Crippen LogP contribution in [0.4, 0.5) is 0 Å². The van der Waals surface area contributed by atoms with Crippen LogP contribution < -0.4 is 5.73 Å². The number of rotatable bonds is 3. The molecule has 84 valence electrons. The maximum atomic E-state index is 11.4. The van der Waals surface area contributed by atoms with Crippen molar-refractivity contribution in [2.45, 2.75) is 19.8 Å². The molecule has 16 heavy (non-hydrogen) atoms. The standard InChI is InChI=1S/C11H14N4O/c1-7(2)11-13-10-4-3-8(9(16)5-12)6-15(10)14-11/h3-4,6-7H,5,12H2,1-2H3. The van der Waals surface area contributed by atoms with Crippen LogP contribution in [0.25, 0.3) is 5.65 Å². The Hall–Kier alpha value is -1.75. The molecule has 0 aromatic carbocycles. The van der Waals surface area contributed by atoms with E-state index in [1.54, 1.807) is 22.8 Å². The number of aromatic nitrogens is 3. The second kappa shape index (κ2) is 4.02. The van der Waals surface area contributed by atoms with Crippen LogP contribution in [0.2, 0.25) is 0 Å². The van der Waals surface area contributed by atoms with E-state index in [2.05, 4.69) is 10.1 Å². The predicted octanol–water partition coefficient (Wildman–Crippen LogP) is 0.994. The van der Waals surface area contributed by atoms with Crippen molar-refractivity contribution in [3.05, 3.63) is 29.7 Å². The van der Waals surface area contributed by atoms with E-state index in [-0.39, 0.29) is 18.2 Å². The van der Waals surface area contributed by atoms with Crippen LogP contribution in [0.15, 0.2) is 18.3 Å². The van der Waals surface area contributed by atoms with Crippen molar-refractivity contribution >= 4 is 11.4 Å². The molecule has 0 aliphatic rings. The van der Waals surface area contributed by atoms with E-state index < -0.39 is 0 Å². The van der Waals surface area contributed by atoms with Gasteiger partial charge in [0.05, 0.1) is 6.54 Å². The molecule has 2 rings (SSSR count). The largest absolute Gasteiger partial charge is 0.324 e. The Morgan fingerprint density at radius 2 is 2.25 bits per heavy atom. The number of nitrogens with two attached hydrogens (primary N) is 1. The van der Waals surface area contributed by atoms with E-state index in [1.807, 2.05) is 13.8 Å². The van der Waals surface area contributed by atoms with Gasteiger partial charge in [-0.1, -0.05) is 13.8 Å². The van der Waals surface area contributed by atoms with Gasteiger partial charge in [0.15, 0.2) is 17.3 Å². The summed E-state index contributed by atoms with van der Waals surface area (Å²) in [5, 5.41) is 4.30. The molecule has 0 amide bonds. The van der Waals surface area contributed by atoms with Gasteiger partial charge in [0, 0.05) is 17.7 Å². The molecule has 5 heteroatoms. The highest BCUT2D eigenvalue weighted by Crippen LogP contribution is 2.11. The van der Waals surface area contributed by atoms with Crippen molar-refractivity contribution in [1.82, 2.24) is 14.6 Å². The molecule has 2 aromatic heterocycles. The van der Waals surface area contributed by atoms with Gasteiger partial charge in [-0.3, -0.25) is 4.79 Å². The van der Waals surface area contributed by atoms with E-state index in [9.17, 15) is 4.79 Å². The number of carbonyl (C=O) groups excluding carboxylic acids is 1. The lowest BCUT2D eigenvalue weighted by Gasteiger charge is -1.97. The summed E-state index contributed by atoms with van der Waals surface area (Å²) in [5.41, 5.74) is 6.62. The molecule has 0 fully saturated rings. The Balaban J connectivity index is 2.49. The first-order chi connectivity index (χ1) is 7.61. The molecule has 2 N–H and O–H groups in total. The van der Waals surface area contributed by atoms with Crippen LogP contribution >= 0.6 is 0 Å². The monoisotopic (exact) mass is 218 g/mol. The summed E-state index contributed by atoms with van der Waals surface area (Å²) in [6, 6.07) is 3.51. The maximum Gasteiger partial charge on any atom is 0.177 e. The fourth-order valence-corrected chi connectivity index (χ4v) is 1.43. The molecule has 0 aliphatic carbocycles. The smallest absolute Gasteiger partial charge is 0.177 e. The molecule has 0 spiro atoms. The maximum absolute atomic E-state index is 11.4. The molecular weight excluding hydrogens is 204 g/mol. The summed E-state index contributed by atoms with van der Waals surface area (Å²) in [7, 11) is 0. The first kappa shape index (κ1) is 10.8. The third-order valence-corrected chi connectivity index (χ3v) is 2.37. The topological polar surface area (TPSA) is 73.3 Å². The fraction of sp³-hybridized carbons (Fsp3) is 0.364. The van der Waals surface area contributed by atoms with Gasteiger partial charge >= 0.3 is 0 Å². The number of hydrogen-bond acceptors (Lipinski definition) is 4. The molecule has 2 heterocycles. The van der Waals surface area contributed by atoms with Gasteiger partial charge in [0.2, 0.25) is 0 Å². The number of carbonyl (C=O) groups is 1. The molecule has 0 saturated carbocycles. The van der Waals surface area contributed by atoms with E-state index in [0.717, 1.165) is 11.5 Å². The Kier molecular flexibility index (Phi) is 2.70. The van der Waals surface area contributed by atoms with Gasteiger partial charge in [-0.2, -0.15) is 5.10 Å². The second-order valence-corrected chi connectivity index (χ2v) is 3.97. The molecule has 0 unspecified atom stereocenters. The van der Waals surface area contributed by atoms with Crippen LogP contribution in [0.3, 0.4) is 0 Å². The van der Waals surface area contributed by atoms with E-state index >= 15 is 0 Å². The average Bonchev–Trinajstić information content (AvgIpc) is 2.70. The predicted molar refractivity (Wildman–Crippen MR) is 60.5 cm³/mol. The number of hydrogen-bond donors (Lipinski definition) is 1. The lowest BCUT2D eigenvalue weighted by Crippen LogP contribution is -2.14. The van der Waals surface area contributed by atoms with Crippen LogP contribution in [-0.4, -0.2) is 26.9 Å². The molecule has 0 radical (unpaired) electrons. The molecule has 0 bridgehead atoms. The van der Waals surface area contributed by atoms with Crippen molar-refractivity contribution in [3.8, 4) is 0 Å². The molecule has 5 nitrogen and oxygen atoms in total. The van der Waals surface area contributed by atoms with E-state index in [0.29, 0.717) is 5.56 Å². The highest BCUT2D eigenvalue weighted by atomic mass is 16.1. The highest BCUT2D eigenvalue weighted by Gasteiger charge is 2.09. The van der Waals surface area contributed by atoms with E-state index in [1.165, 1.54) is 0 Å². The summed E-state index contributed by atoms with van der Waals surface area (Å²) in [5.74, 6) is 0.953. The van der Waals surface area contributed by atoms with Gasteiger partial charge in [-0.25, -0.2) is 9.50 Å². The van der Waals surface area contributed by atoms with Gasteiger partial charge in [-0.15, -0.1) is 0 Å². The quantitative estimate of drug-likeness (QED) is 0.780. The Labute approximate surface area is 93.3 Å². The third kappa shape index (κ3) is 1.81. The third-order valence-electron chi connectivity index (χ3n) is 2.37. The Morgan fingerprint density at radius 1 is 1.50 bits per heavy atom. The summed E-state index contributed by atoms with van der Waals surface area (Å²) in [6.45, 7) is 4.07. The van der Waals surface area contributed by atoms with Crippen molar-refractivity contribution in [2.24, 2.45) is 5.73 Å². The Morgan fingerprint density at radius 3 is 2.88 bits per heavy atom. The van der Waals surface area contributed by atoms with Crippen LogP contribution in [0.5, 0.6) is 0 Å². The van der Waals surface area contributed by atoms with Crippen molar-refractivity contribution in [1.29, 1.82) is 0 Å². The molecule has 0 saturated heterocycles. The first-order valence-electron chi connectivity index (χ1n) is 5.21. The first-order valence-corrected chi connectivity index (χ1v) is 5.21. The zero-order chi connectivity index (χ0) is 11.7. The summed E-state index contributed by atoms with van der Waals surface area (Å²) < 4.78 is 1.62. The summed E-state index contributed by atoms with van der Waals surface area (Å²) in [6.07, 6.45) is 1.67. The lowest BCUT2D eigenvalue weighted by atomic mass is 10.2. The van der Waals surface area contributed by atoms with Gasteiger partial charge in [-0.05, 0) is 12.1 Å². The lowest BCUT2D eigenvalue weighted by molar-refractivity contribution is 0.100. The summed E-state index contributed by atoms with van der Waals surface area (Å²) in [4.78, 5) is 15.8. The highest BCUT2D eigenvalue weighted by molar-refractivity contribution is 5.97. The number of pyridine rings is 1. The fourth-order valence-electron chi connectivity index (χ4n) is 1.43.